The molecule has 0 radical (unpaired) electrons. The monoisotopic (exact) mass is 430 g/mol. The molecule has 2 aromatic rings. The van der Waals surface area contributed by atoms with Crippen LogP contribution < -0.4 is 0 Å². The van der Waals surface area contributed by atoms with Crippen molar-refractivity contribution in [3.05, 3.63) is 76.4 Å². The summed E-state index contributed by atoms with van der Waals surface area (Å²) in [5.74, 6) is 0.776. The van der Waals surface area contributed by atoms with Crippen LogP contribution in [0.3, 0.4) is 0 Å². The molecule has 0 amide bonds. The Morgan fingerprint density at radius 2 is 1.03 bits per heavy atom. The van der Waals surface area contributed by atoms with Crippen LogP contribution in [-0.4, -0.2) is 0 Å². The van der Waals surface area contributed by atoms with Gasteiger partial charge in [-0.2, -0.15) is 0 Å². The second kappa shape index (κ2) is 12.4. The van der Waals surface area contributed by atoms with Gasteiger partial charge in [-0.3, -0.25) is 0 Å². The van der Waals surface area contributed by atoms with E-state index in [1.807, 2.05) is 0 Å². The summed E-state index contributed by atoms with van der Waals surface area (Å²) in [7, 11) is 0. The largest absolute Gasteiger partial charge is 0.0616 e. The van der Waals surface area contributed by atoms with Gasteiger partial charge in [-0.25, -0.2) is 0 Å². The van der Waals surface area contributed by atoms with Gasteiger partial charge in [0.05, 0.1) is 0 Å². The molecule has 2 fully saturated rings. The van der Waals surface area contributed by atoms with Gasteiger partial charge in [0.25, 0.3) is 0 Å². The van der Waals surface area contributed by atoms with Crippen molar-refractivity contribution in [2.45, 2.75) is 85.0 Å². The van der Waals surface area contributed by atoms with Crippen molar-refractivity contribution >= 4 is 5.57 Å². The van der Waals surface area contributed by atoms with Crippen LogP contribution in [0.1, 0.15) is 93.4 Å². The van der Waals surface area contributed by atoms with Gasteiger partial charge in [-0.1, -0.05) is 117 Å². The first-order valence-corrected chi connectivity index (χ1v) is 11.6. The number of hydrogen-bond donors (Lipinski definition) is 0. The first-order chi connectivity index (χ1) is 13.7. The van der Waals surface area contributed by atoms with E-state index in [9.17, 15) is 0 Å². The fourth-order valence-electron chi connectivity index (χ4n) is 4.81. The van der Waals surface area contributed by atoms with E-state index in [2.05, 4.69) is 69.3 Å². The fraction of sp³-hybridized carbons (Fsp3) is 0.500. The van der Waals surface area contributed by atoms with Crippen LogP contribution >= 0.6 is 0 Å². The minimum absolute atomic E-state index is 0. The van der Waals surface area contributed by atoms with Crippen molar-refractivity contribution in [2.75, 3.05) is 0 Å². The third-order valence-electron chi connectivity index (χ3n) is 6.48. The normalized spacial score (nSPS) is 16.0. The molecule has 0 bridgehead atoms. The van der Waals surface area contributed by atoms with Gasteiger partial charge in [-0.15, -0.1) is 0 Å². The van der Waals surface area contributed by atoms with E-state index in [1.54, 1.807) is 5.57 Å². The molecule has 0 heterocycles. The van der Waals surface area contributed by atoms with Crippen molar-refractivity contribution in [1.29, 1.82) is 0 Å². The molecule has 0 nitrogen and oxygen atoms in total. The summed E-state index contributed by atoms with van der Waals surface area (Å²) in [6.07, 6.45) is 14.2. The zero-order valence-corrected chi connectivity index (χ0v) is 19.7. The first-order valence-electron chi connectivity index (χ1n) is 11.6. The summed E-state index contributed by atoms with van der Waals surface area (Å²) < 4.78 is 0. The third-order valence-corrected chi connectivity index (χ3v) is 6.48. The van der Waals surface area contributed by atoms with Crippen molar-refractivity contribution in [3.63, 3.8) is 0 Å². The van der Waals surface area contributed by atoms with Crippen LogP contribution in [0.2, 0.25) is 0 Å². The van der Waals surface area contributed by atoms with Crippen molar-refractivity contribution in [1.82, 2.24) is 0 Å². The van der Waals surface area contributed by atoms with Crippen molar-refractivity contribution in [3.8, 4) is 0 Å². The van der Waals surface area contributed by atoms with E-state index >= 15 is 0 Å². The molecule has 0 N–H and O–H groups in total. The minimum atomic E-state index is 0. The van der Waals surface area contributed by atoms with Gasteiger partial charge in [0.2, 0.25) is 0 Å². The van der Waals surface area contributed by atoms with Crippen LogP contribution in [0.25, 0.3) is 5.57 Å². The van der Waals surface area contributed by atoms with E-state index < -0.39 is 0 Å². The van der Waals surface area contributed by atoms with E-state index in [0.29, 0.717) is 0 Å². The second-order valence-corrected chi connectivity index (χ2v) is 8.73. The molecule has 0 atom stereocenters. The molecule has 0 saturated heterocycles. The van der Waals surface area contributed by atoms with E-state index in [-0.39, 0.29) is 17.1 Å². The number of aryl methyl sites for hydroxylation is 2. The van der Waals surface area contributed by atoms with Crippen LogP contribution in [-0.2, 0) is 17.1 Å². The predicted molar refractivity (Wildman–Crippen MR) is 124 cm³/mol. The Morgan fingerprint density at radius 1 is 0.655 bits per heavy atom. The third kappa shape index (κ3) is 6.87. The molecule has 158 valence electrons. The van der Waals surface area contributed by atoms with Gasteiger partial charge in [0, 0.05) is 17.1 Å². The molecule has 0 unspecified atom stereocenters. The molecule has 2 saturated carbocycles. The Kier molecular flexibility index (Phi) is 10.3. The van der Waals surface area contributed by atoms with Crippen LogP contribution in [0, 0.1) is 19.8 Å². The SMILES string of the molecule is C1CCCC1.CCC(=C(c1ccc(C)cc1)c1ccc(C)cc1)C1CCCC1.[Fe]. The van der Waals surface area contributed by atoms with Crippen LogP contribution in [0.15, 0.2) is 54.1 Å². The Morgan fingerprint density at radius 3 is 1.38 bits per heavy atom. The molecule has 4 rings (SSSR count). The quantitative estimate of drug-likeness (QED) is 0.426. The van der Waals surface area contributed by atoms with E-state index in [0.717, 1.165) is 12.3 Å². The maximum Gasteiger partial charge on any atom is 0 e. The van der Waals surface area contributed by atoms with Gasteiger partial charge in [-0.05, 0) is 55.7 Å². The van der Waals surface area contributed by atoms with Crippen molar-refractivity contribution < 1.29 is 17.1 Å². The average molecular weight is 430 g/mol. The van der Waals surface area contributed by atoms with E-state index in [4.69, 9.17) is 0 Å². The average Bonchev–Trinajstić information content (AvgIpc) is 3.45. The summed E-state index contributed by atoms with van der Waals surface area (Å²) in [5, 5.41) is 0. The van der Waals surface area contributed by atoms with Crippen molar-refractivity contribution in [2.24, 2.45) is 5.92 Å². The number of hydrogen-bond acceptors (Lipinski definition) is 0. The summed E-state index contributed by atoms with van der Waals surface area (Å²) in [6.45, 7) is 6.66. The smallest absolute Gasteiger partial charge is 0 e. The molecule has 2 aliphatic rings. The van der Waals surface area contributed by atoms with Gasteiger partial charge in [0.15, 0.2) is 0 Å². The van der Waals surface area contributed by atoms with E-state index in [1.165, 1.54) is 85.6 Å². The summed E-state index contributed by atoms with van der Waals surface area (Å²) in [6, 6.07) is 18.2. The first kappa shape index (κ1) is 24.0. The Balaban J connectivity index is 0.000000437. The predicted octanol–water partition coefficient (Wildman–Crippen LogP) is 8.65. The standard InChI is InChI=1S/C23H28.C5H10.Fe/c1-4-22(19-7-5-6-8-19)23(20-13-9-17(2)10-14-20)21-15-11-18(3)12-16-21;1-2-4-5-3-1;/h9-16,19H,4-8H2,1-3H3;1-5H2;. The molecule has 1 heteroatoms. The zero-order valence-electron chi connectivity index (χ0n) is 18.6. The molecule has 0 aliphatic heterocycles. The Hall–Kier alpha value is -1.30. The molecule has 0 spiro atoms. The summed E-state index contributed by atoms with van der Waals surface area (Å²) in [4.78, 5) is 0. The Labute approximate surface area is 189 Å². The maximum atomic E-state index is 2.33. The summed E-state index contributed by atoms with van der Waals surface area (Å²) >= 11 is 0. The molecule has 2 aromatic carbocycles. The Bertz CT molecular complexity index is 687. The summed E-state index contributed by atoms with van der Waals surface area (Å²) in [5.41, 5.74) is 8.56. The number of benzene rings is 2. The van der Waals surface area contributed by atoms with Gasteiger partial charge >= 0.3 is 0 Å². The molecular weight excluding hydrogens is 392 g/mol. The fourth-order valence-corrected chi connectivity index (χ4v) is 4.81. The topological polar surface area (TPSA) is 0 Å². The molecule has 2 aliphatic carbocycles. The van der Waals surface area contributed by atoms with Gasteiger partial charge in [0.1, 0.15) is 0 Å². The zero-order chi connectivity index (χ0) is 19.8. The molecular formula is C28H38Fe. The number of allylic oxidation sites excluding steroid dienone is 1. The molecule has 29 heavy (non-hydrogen) atoms. The van der Waals surface area contributed by atoms with Crippen LogP contribution in [0.5, 0.6) is 0 Å². The molecule has 0 aromatic heterocycles. The maximum absolute atomic E-state index is 2.33. The van der Waals surface area contributed by atoms with Crippen LogP contribution in [0.4, 0.5) is 0 Å². The van der Waals surface area contributed by atoms with Gasteiger partial charge < -0.3 is 0 Å². The second-order valence-electron chi connectivity index (χ2n) is 8.73. The minimum Gasteiger partial charge on any atom is -0.0616 e. The number of rotatable bonds is 4.